The van der Waals surface area contributed by atoms with Gasteiger partial charge in [0, 0.05) is 11.6 Å². The maximum absolute atomic E-state index is 13.0. The molecule has 0 amide bonds. The summed E-state index contributed by atoms with van der Waals surface area (Å²) in [4.78, 5) is -0.550. The van der Waals surface area contributed by atoms with Crippen molar-refractivity contribution in [3.8, 4) is 5.75 Å². The third-order valence-electron chi connectivity index (χ3n) is 1.56. The maximum atomic E-state index is 13.0. The minimum absolute atomic E-state index is 0.118. The molecule has 90 valence electrons. The van der Waals surface area contributed by atoms with Gasteiger partial charge >= 0.3 is 10.2 Å². The molecular weight excluding hydrogens is 371 g/mol. The second-order valence-electron chi connectivity index (χ2n) is 2.70. The number of ether oxygens (including phenoxy) is 2. The molecule has 8 heteroatoms. The van der Waals surface area contributed by atoms with Gasteiger partial charge in [0.25, 0.3) is 0 Å². The zero-order valence-electron chi connectivity index (χ0n) is 8.04. The Labute approximate surface area is 109 Å². The van der Waals surface area contributed by atoms with E-state index >= 15 is 0 Å². The molecule has 0 heterocycles. The summed E-state index contributed by atoms with van der Waals surface area (Å²) in [5.41, 5.74) is 0. The smallest absolute Gasteiger partial charge is 0.335 e. The molecule has 1 aromatic rings. The molecular formula is C8H7Br2FO4S. The van der Waals surface area contributed by atoms with Crippen LogP contribution < -0.4 is 4.74 Å². The Bertz CT molecular complexity index is 489. The fourth-order valence-electron chi connectivity index (χ4n) is 0.976. The maximum Gasteiger partial charge on any atom is 0.335 e. The lowest BCUT2D eigenvalue weighted by Gasteiger charge is -2.10. The molecule has 0 spiro atoms. The number of benzene rings is 1. The molecule has 1 rings (SSSR count). The number of hydrogen-bond donors (Lipinski definition) is 0. The van der Waals surface area contributed by atoms with Crippen LogP contribution in [0.15, 0.2) is 26.0 Å². The Morgan fingerprint density at radius 3 is 2.50 bits per heavy atom. The highest BCUT2D eigenvalue weighted by Crippen LogP contribution is 2.36. The summed E-state index contributed by atoms with van der Waals surface area (Å²) in [5.74, 6) is -0.118. The van der Waals surface area contributed by atoms with Gasteiger partial charge < -0.3 is 9.47 Å². The largest absolute Gasteiger partial charge is 0.465 e. The second kappa shape index (κ2) is 5.44. The molecule has 0 unspecified atom stereocenters. The zero-order chi connectivity index (χ0) is 12.3. The zero-order valence-corrected chi connectivity index (χ0v) is 12.0. The number of rotatable bonds is 4. The summed E-state index contributed by atoms with van der Waals surface area (Å²) in [6.07, 6.45) is 0. The minimum Gasteiger partial charge on any atom is -0.465 e. The molecule has 0 radical (unpaired) electrons. The van der Waals surface area contributed by atoms with E-state index in [1.165, 1.54) is 7.11 Å². The van der Waals surface area contributed by atoms with Crippen molar-refractivity contribution in [3.05, 3.63) is 21.1 Å². The average molecular weight is 378 g/mol. The van der Waals surface area contributed by atoms with Crippen LogP contribution in [0.5, 0.6) is 5.75 Å². The quantitative estimate of drug-likeness (QED) is 0.598. The summed E-state index contributed by atoms with van der Waals surface area (Å²) in [6.45, 7) is -0.178. The van der Waals surface area contributed by atoms with Gasteiger partial charge in [-0.2, -0.15) is 8.42 Å². The van der Waals surface area contributed by atoms with Crippen LogP contribution in [0.1, 0.15) is 0 Å². The van der Waals surface area contributed by atoms with Gasteiger partial charge in [0.2, 0.25) is 0 Å². The van der Waals surface area contributed by atoms with Crippen LogP contribution in [0.4, 0.5) is 3.89 Å². The topological polar surface area (TPSA) is 52.6 Å². The molecule has 0 bridgehead atoms. The van der Waals surface area contributed by atoms with Gasteiger partial charge in [0.1, 0.15) is 4.90 Å². The summed E-state index contributed by atoms with van der Waals surface area (Å²) in [7, 11) is -3.48. The first kappa shape index (κ1) is 13.9. The van der Waals surface area contributed by atoms with E-state index in [4.69, 9.17) is 4.74 Å². The van der Waals surface area contributed by atoms with E-state index in [1.807, 2.05) is 0 Å². The van der Waals surface area contributed by atoms with Gasteiger partial charge in [-0.25, -0.2) is 0 Å². The van der Waals surface area contributed by atoms with E-state index < -0.39 is 15.1 Å². The van der Waals surface area contributed by atoms with Gasteiger partial charge in [0.05, 0.1) is 4.47 Å². The van der Waals surface area contributed by atoms with Gasteiger partial charge in [-0.1, -0.05) is 15.9 Å². The molecule has 16 heavy (non-hydrogen) atoms. The van der Waals surface area contributed by atoms with Crippen LogP contribution in [-0.2, 0) is 15.0 Å². The van der Waals surface area contributed by atoms with Gasteiger partial charge in [-0.3, -0.25) is 0 Å². The standard InChI is InChI=1S/C8H7Br2FO4S/c1-14-4-15-8-6(10)2-5(9)3-7(8)16(11,12)13/h2-3H,4H2,1H3. The highest BCUT2D eigenvalue weighted by Gasteiger charge is 2.22. The summed E-state index contributed by atoms with van der Waals surface area (Å²) in [6, 6.07) is 2.66. The predicted molar refractivity (Wildman–Crippen MR) is 62.6 cm³/mol. The van der Waals surface area contributed by atoms with Crippen LogP contribution in [-0.4, -0.2) is 22.3 Å². The SMILES string of the molecule is COCOc1c(Br)cc(Br)cc1S(=O)(=O)F. The first-order valence-electron chi connectivity index (χ1n) is 3.91. The Morgan fingerprint density at radius 2 is 2.00 bits per heavy atom. The van der Waals surface area contributed by atoms with Crippen molar-refractivity contribution >= 4 is 42.1 Å². The lowest BCUT2D eigenvalue weighted by molar-refractivity contribution is 0.0484. The van der Waals surface area contributed by atoms with Crippen molar-refractivity contribution in [2.75, 3.05) is 13.9 Å². The molecule has 0 aliphatic heterocycles. The summed E-state index contributed by atoms with van der Waals surface area (Å²) >= 11 is 6.14. The van der Waals surface area contributed by atoms with E-state index in [2.05, 4.69) is 36.6 Å². The molecule has 1 aromatic carbocycles. The van der Waals surface area contributed by atoms with Gasteiger partial charge in [-0.15, -0.1) is 3.89 Å². The first-order chi connectivity index (χ1) is 7.36. The van der Waals surface area contributed by atoms with Crippen molar-refractivity contribution < 1.29 is 21.8 Å². The van der Waals surface area contributed by atoms with E-state index in [9.17, 15) is 12.3 Å². The third kappa shape index (κ3) is 3.41. The highest BCUT2D eigenvalue weighted by molar-refractivity contribution is 9.11. The van der Waals surface area contributed by atoms with Crippen molar-refractivity contribution in [3.63, 3.8) is 0 Å². The molecule has 0 saturated carbocycles. The Kier molecular flexibility index (Phi) is 4.72. The number of halogens is 3. The van der Waals surface area contributed by atoms with E-state index in [0.29, 0.717) is 8.95 Å². The molecule has 0 aliphatic rings. The summed E-state index contributed by atoms with van der Waals surface area (Å²) in [5, 5.41) is 0. The average Bonchev–Trinajstić information content (AvgIpc) is 2.14. The van der Waals surface area contributed by atoms with Crippen molar-refractivity contribution in [2.24, 2.45) is 0 Å². The third-order valence-corrected chi connectivity index (χ3v) is 3.43. The minimum atomic E-state index is -4.85. The van der Waals surface area contributed by atoms with E-state index in [-0.39, 0.29) is 12.5 Å². The van der Waals surface area contributed by atoms with Crippen LogP contribution >= 0.6 is 31.9 Å². The monoisotopic (exact) mass is 376 g/mol. The Hall–Kier alpha value is -0.180. The number of hydrogen-bond acceptors (Lipinski definition) is 4. The molecule has 4 nitrogen and oxygen atoms in total. The van der Waals surface area contributed by atoms with E-state index in [1.54, 1.807) is 6.07 Å². The van der Waals surface area contributed by atoms with Crippen LogP contribution in [0, 0.1) is 0 Å². The van der Waals surface area contributed by atoms with Crippen molar-refractivity contribution in [1.82, 2.24) is 0 Å². The fraction of sp³-hybridized carbons (Fsp3) is 0.250. The highest BCUT2D eigenvalue weighted by atomic mass is 79.9. The van der Waals surface area contributed by atoms with Crippen LogP contribution in [0.3, 0.4) is 0 Å². The molecule has 0 saturated heterocycles. The molecule has 0 atom stereocenters. The molecule has 0 N–H and O–H groups in total. The normalized spacial score (nSPS) is 11.5. The molecule has 0 fully saturated rings. The van der Waals surface area contributed by atoms with Gasteiger partial charge in [0.15, 0.2) is 12.5 Å². The van der Waals surface area contributed by atoms with Gasteiger partial charge in [-0.05, 0) is 28.1 Å². The van der Waals surface area contributed by atoms with E-state index in [0.717, 1.165) is 6.07 Å². The fourth-order valence-corrected chi connectivity index (χ4v) is 3.26. The van der Waals surface area contributed by atoms with Crippen molar-refractivity contribution in [1.29, 1.82) is 0 Å². The second-order valence-corrected chi connectivity index (χ2v) is 5.79. The summed E-state index contributed by atoms with van der Waals surface area (Å²) < 4.78 is 45.1. The van der Waals surface area contributed by atoms with Crippen LogP contribution in [0.25, 0.3) is 0 Å². The van der Waals surface area contributed by atoms with Crippen LogP contribution in [0.2, 0.25) is 0 Å². The Balaban J connectivity index is 3.33. The molecule has 0 aliphatic carbocycles. The lowest BCUT2D eigenvalue weighted by Crippen LogP contribution is -2.04. The lowest BCUT2D eigenvalue weighted by atomic mass is 10.3. The Morgan fingerprint density at radius 1 is 1.38 bits per heavy atom. The first-order valence-corrected chi connectivity index (χ1v) is 6.88. The van der Waals surface area contributed by atoms with Crippen molar-refractivity contribution in [2.45, 2.75) is 4.90 Å². The molecule has 0 aromatic heterocycles. The predicted octanol–water partition coefficient (Wildman–Crippen LogP) is 2.85. The number of methoxy groups -OCH3 is 1.